The second-order valence-corrected chi connectivity index (χ2v) is 9.24. The van der Waals surface area contributed by atoms with Gasteiger partial charge in [-0.25, -0.2) is 0 Å². The maximum absolute atomic E-state index is 13.7. The molecule has 176 valence electrons. The van der Waals surface area contributed by atoms with Crippen molar-refractivity contribution in [3.05, 3.63) is 83.5 Å². The summed E-state index contributed by atoms with van der Waals surface area (Å²) >= 11 is 0. The van der Waals surface area contributed by atoms with E-state index in [4.69, 9.17) is 10.3 Å². The molecule has 2 amide bonds. The van der Waals surface area contributed by atoms with Crippen LogP contribution in [0.3, 0.4) is 0 Å². The number of hydrogen-bond acceptors (Lipinski definition) is 6. The van der Waals surface area contributed by atoms with Gasteiger partial charge in [-0.05, 0) is 30.9 Å². The summed E-state index contributed by atoms with van der Waals surface area (Å²) in [6.45, 7) is 3.49. The lowest BCUT2D eigenvalue weighted by Crippen LogP contribution is -2.47. The molecule has 5 rings (SSSR count). The number of carbonyl (C=O) groups is 2. The Kier molecular flexibility index (Phi) is 6.15. The highest BCUT2D eigenvalue weighted by Gasteiger charge is 2.44. The molecule has 3 aromatic rings. The lowest BCUT2D eigenvalue weighted by molar-refractivity contribution is -0.134. The minimum absolute atomic E-state index is 0.0165. The van der Waals surface area contributed by atoms with Gasteiger partial charge in [-0.1, -0.05) is 65.8 Å². The number of carbonyl (C=O) groups excluding carboxylic acids is 2. The van der Waals surface area contributed by atoms with Crippen LogP contribution in [0.15, 0.2) is 65.2 Å². The van der Waals surface area contributed by atoms with Crippen molar-refractivity contribution in [2.75, 3.05) is 19.6 Å². The second kappa shape index (κ2) is 9.38. The molecule has 0 spiro atoms. The van der Waals surface area contributed by atoms with Crippen molar-refractivity contribution in [2.24, 2.45) is 5.73 Å². The highest BCUT2D eigenvalue weighted by atomic mass is 16.5. The van der Waals surface area contributed by atoms with Gasteiger partial charge in [-0.2, -0.15) is 4.98 Å². The highest BCUT2D eigenvalue weighted by molar-refractivity contribution is 5.95. The van der Waals surface area contributed by atoms with Crippen molar-refractivity contribution >= 4 is 11.8 Å². The lowest BCUT2D eigenvalue weighted by atomic mass is 9.96. The first-order chi connectivity index (χ1) is 16.5. The van der Waals surface area contributed by atoms with Gasteiger partial charge in [0.2, 0.25) is 5.91 Å². The Morgan fingerprint density at radius 1 is 1.00 bits per heavy atom. The fraction of sp³-hybridized carbons (Fsp3) is 0.385. The molecular formula is C26H29N5O3. The average molecular weight is 460 g/mol. The van der Waals surface area contributed by atoms with E-state index < -0.39 is 18.0 Å². The maximum atomic E-state index is 13.7. The van der Waals surface area contributed by atoms with Gasteiger partial charge in [0.15, 0.2) is 5.82 Å². The Labute approximate surface area is 198 Å². The Bertz CT molecular complexity index is 1150. The number of rotatable bonds is 5. The first-order valence-corrected chi connectivity index (χ1v) is 11.8. The van der Waals surface area contributed by atoms with Gasteiger partial charge in [0.25, 0.3) is 0 Å². The molecule has 34 heavy (non-hydrogen) atoms. The van der Waals surface area contributed by atoms with Crippen LogP contribution in [0, 0.1) is 0 Å². The van der Waals surface area contributed by atoms with E-state index in [1.54, 1.807) is 11.8 Å². The van der Waals surface area contributed by atoms with Crippen molar-refractivity contribution in [3.63, 3.8) is 0 Å². The Morgan fingerprint density at radius 3 is 2.26 bits per heavy atom. The number of benzene rings is 2. The average Bonchev–Trinajstić information content (AvgIpc) is 3.64. The predicted octanol–water partition coefficient (Wildman–Crippen LogP) is 3.10. The monoisotopic (exact) mass is 459 g/mol. The molecule has 2 aliphatic heterocycles. The van der Waals surface area contributed by atoms with Crippen LogP contribution < -0.4 is 5.73 Å². The van der Waals surface area contributed by atoms with Crippen LogP contribution in [0.25, 0.3) is 0 Å². The molecule has 3 heterocycles. The van der Waals surface area contributed by atoms with E-state index in [1.807, 2.05) is 53.4 Å². The molecule has 0 radical (unpaired) electrons. The number of aromatic nitrogens is 2. The highest BCUT2D eigenvalue weighted by Crippen LogP contribution is 2.35. The normalized spacial score (nSPS) is 23.3. The van der Waals surface area contributed by atoms with Gasteiger partial charge in [-0.15, -0.1) is 0 Å². The summed E-state index contributed by atoms with van der Waals surface area (Å²) < 4.78 is 5.21. The fourth-order valence-electron chi connectivity index (χ4n) is 5.06. The minimum Gasteiger partial charge on any atom is -0.340 e. The van der Waals surface area contributed by atoms with Crippen LogP contribution in [0.4, 0.5) is 0 Å². The molecule has 0 aliphatic carbocycles. The lowest BCUT2D eigenvalue weighted by Gasteiger charge is -2.27. The molecule has 2 aromatic carbocycles. The van der Waals surface area contributed by atoms with Crippen molar-refractivity contribution in [2.45, 2.75) is 43.7 Å². The van der Waals surface area contributed by atoms with Gasteiger partial charge >= 0.3 is 11.8 Å². The zero-order chi connectivity index (χ0) is 23.7. The smallest absolute Gasteiger partial charge is 0.316 e. The van der Waals surface area contributed by atoms with Gasteiger partial charge < -0.3 is 20.1 Å². The van der Waals surface area contributed by atoms with E-state index in [-0.39, 0.29) is 23.5 Å². The van der Waals surface area contributed by atoms with Crippen LogP contribution in [-0.2, 0) is 4.79 Å². The first kappa shape index (κ1) is 22.3. The van der Waals surface area contributed by atoms with Crippen molar-refractivity contribution < 1.29 is 14.1 Å². The third-order valence-corrected chi connectivity index (χ3v) is 6.92. The summed E-state index contributed by atoms with van der Waals surface area (Å²) in [6.07, 6.45) is 1.48. The molecule has 8 nitrogen and oxygen atoms in total. The Morgan fingerprint density at radius 2 is 1.65 bits per heavy atom. The molecule has 4 atom stereocenters. The summed E-state index contributed by atoms with van der Waals surface area (Å²) in [5.74, 6) is 0.0809. The Balaban J connectivity index is 1.38. The van der Waals surface area contributed by atoms with Crippen molar-refractivity contribution in [1.82, 2.24) is 19.9 Å². The quantitative estimate of drug-likeness (QED) is 0.629. The second-order valence-electron chi connectivity index (χ2n) is 9.24. The molecule has 8 heteroatoms. The molecule has 2 saturated heterocycles. The van der Waals surface area contributed by atoms with Gasteiger partial charge in [0, 0.05) is 31.5 Å². The number of hydrogen-bond donors (Lipinski definition) is 1. The zero-order valence-electron chi connectivity index (χ0n) is 19.2. The topological polar surface area (TPSA) is 106 Å². The van der Waals surface area contributed by atoms with Crippen LogP contribution in [-0.4, -0.2) is 57.4 Å². The number of nitrogens with two attached hydrogens (primary N) is 1. The van der Waals surface area contributed by atoms with E-state index in [1.165, 1.54) is 5.56 Å². The van der Waals surface area contributed by atoms with E-state index in [2.05, 4.69) is 22.3 Å². The van der Waals surface area contributed by atoms with Gasteiger partial charge in [0.05, 0.1) is 6.04 Å². The van der Waals surface area contributed by atoms with E-state index in [0.717, 1.165) is 12.0 Å². The van der Waals surface area contributed by atoms with E-state index in [9.17, 15) is 9.59 Å². The van der Waals surface area contributed by atoms with Crippen molar-refractivity contribution in [1.29, 1.82) is 0 Å². The standard InChI is InChI=1S/C26H29N5O3/c1-17(27)23-28-24(34-29-23)26(33)31-16-21(19-10-6-3-7-11-19)14-22(31)25(32)30-13-12-20(15-30)18-8-4-2-5-9-18/h2-11,17,20-22H,12-16,27H2,1H3/t17-,20?,21-,22-/m0/s1. The molecule has 2 aliphatic rings. The summed E-state index contributed by atoms with van der Waals surface area (Å²) in [6, 6.07) is 19.3. The largest absolute Gasteiger partial charge is 0.340 e. The third-order valence-electron chi connectivity index (χ3n) is 6.92. The number of nitrogens with zero attached hydrogens (tertiary/aromatic N) is 4. The summed E-state index contributed by atoms with van der Waals surface area (Å²) in [7, 11) is 0. The third kappa shape index (κ3) is 4.33. The Hall–Kier alpha value is -3.52. The molecule has 1 unspecified atom stereocenters. The van der Waals surface area contributed by atoms with Crippen LogP contribution in [0.1, 0.15) is 65.3 Å². The van der Waals surface area contributed by atoms with Crippen LogP contribution in [0.5, 0.6) is 0 Å². The SMILES string of the molecule is C[C@H](N)c1noc(C(=O)N2C[C@@H](c3ccccc3)C[C@H]2C(=O)N2CCC(c3ccccc3)C2)n1. The molecular weight excluding hydrogens is 430 g/mol. The summed E-state index contributed by atoms with van der Waals surface area (Å²) in [4.78, 5) is 34.8. The molecule has 0 bridgehead atoms. The predicted molar refractivity (Wildman–Crippen MR) is 126 cm³/mol. The van der Waals surface area contributed by atoms with Crippen LogP contribution in [0.2, 0.25) is 0 Å². The van der Waals surface area contributed by atoms with E-state index in [0.29, 0.717) is 32.0 Å². The molecule has 1 aromatic heterocycles. The fourth-order valence-corrected chi connectivity index (χ4v) is 5.06. The minimum atomic E-state index is -0.571. The van der Waals surface area contributed by atoms with Crippen LogP contribution >= 0.6 is 0 Å². The summed E-state index contributed by atoms with van der Waals surface area (Å²) in [5.41, 5.74) is 8.18. The van der Waals surface area contributed by atoms with Gasteiger partial charge in [-0.3, -0.25) is 9.59 Å². The van der Waals surface area contributed by atoms with E-state index >= 15 is 0 Å². The maximum Gasteiger partial charge on any atom is 0.316 e. The molecule has 2 fully saturated rings. The van der Waals surface area contributed by atoms with Crippen molar-refractivity contribution in [3.8, 4) is 0 Å². The molecule has 0 saturated carbocycles. The zero-order valence-corrected chi connectivity index (χ0v) is 19.2. The number of amides is 2. The molecule has 2 N–H and O–H groups in total. The number of likely N-dealkylation sites (tertiary alicyclic amines) is 2. The summed E-state index contributed by atoms with van der Waals surface area (Å²) in [5, 5.41) is 3.82. The first-order valence-electron chi connectivity index (χ1n) is 11.8. The van der Waals surface area contributed by atoms with Gasteiger partial charge in [0.1, 0.15) is 6.04 Å².